The van der Waals surface area contributed by atoms with Gasteiger partial charge in [0, 0.05) is 13.5 Å². The SMILES string of the molecule is CCCCCCCCCCCC(=O)OC(O)(CO)OC(CC)OC. The van der Waals surface area contributed by atoms with Crippen molar-refractivity contribution in [3.05, 3.63) is 0 Å². The Labute approximate surface area is 146 Å². The molecule has 2 unspecified atom stereocenters. The first-order valence-corrected chi connectivity index (χ1v) is 9.27. The molecule has 0 spiro atoms. The number of carbonyl (C=O) groups is 1. The Kier molecular flexibility index (Phi) is 14.2. The Morgan fingerprint density at radius 3 is 2.00 bits per heavy atom. The molecule has 0 radical (unpaired) electrons. The third kappa shape index (κ3) is 11.8. The molecule has 0 aromatic carbocycles. The van der Waals surface area contributed by atoms with Gasteiger partial charge in [-0.25, -0.2) is 0 Å². The van der Waals surface area contributed by atoms with Crippen molar-refractivity contribution in [3.8, 4) is 0 Å². The molecule has 0 bridgehead atoms. The van der Waals surface area contributed by atoms with Crippen LogP contribution in [-0.2, 0) is 19.0 Å². The van der Waals surface area contributed by atoms with Crippen molar-refractivity contribution >= 4 is 5.97 Å². The lowest BCUT2D eigenvalue weighted by Crippen LogP contribution is -2.45. The normalized spacial score (nSPS) is 15.0. The zero-order chi connectivity index (χ0) is 18.3. The highest BCUT2D eigenvalue weighted by atomic mass is 16.9. The molecule has 0 saturated heterocycles. The predicted octanol–water partition coefficient (Wildman–Crippen LogP) is 3.49. The van der Waals surface area contributed by atoms with Gasteiger partial charge in [0.15, 0.2) is 6.29 Å². The van der Waals surface area contributed by atoms with Gasteiger partial charge < -0.3 is 19.7 Å². The summed E-state index contributed by atoms with van der Waals surface area (Å²) in [6.45, 7) is 3.16. The lowest BCUT2D eigenvalue weighted by atomic mass is 10.1. The number of rotatable bonds is 16. The molecule has 0 aromatic heterocycles. The van der Waals surface area contributed by atoms with E-state index in [4.69, 9.17) is 14.2 Å². The summed E-state index contributed by atoms with van der Waals surface area (Å²) in [6, 6.07) is 0. The third-order valence-electron chi connectivity index (χ3n) is 3.87. The molecule has 0 aliphatic heterocycles. The number of ether oxygens (including phenoxy) is 3. The summed E-state index contributed by atoms with van der Waals surface area (Å²) in [5.41, 5.74) is 0. The number of aliphatic hydroxyl groups excluding tert-OH is 1. The summed E-state index contributed by atoms with van der Waals surface area (Å²) in [6.07, 6.45) is 10.3. The second-order valence-corrected chi connectivity index (χ2v) is 6.11. The van der Waals surface area contributed by atoms with Crippen molar-refractivity contribution in [2.75, 3.05) is 13.7 Å². The van der Waals surface area contributed by atoms with Crippen molar-refractivity contribution in [3.63, 3.8) is 0 Å². The van der Waals surface area contributed by atoms with Gasteiger partial charge in [0.2, 0.25) is 0 Å². The van der Waals surface area contributed by atoms with Crippen LogP contribution < -0.4 is 0 Å². The highest BCUT2D eigenvalue weighted by molar-refractivity contribution is 5.69. The summed E-state index contributed by atoms with van der Waals surface area (Å²) in [5, 5.41) is 19.2. The summed E-state index contributed by atoms with van der Waals surface area (Å²) in [4.78, 5) is 11.8. The minimum Gasteiger partial charge on any atom is -0.406 e. The van der Waals surface area contributed by atoms with Gasteiger partial charge in [-0.15, -0.1) is 0 Å². The van der Waals surface area contributed by atoms with E-state index < -0.39 is 24.8 Å². The van der Waals surface area contributed by atoms with Crippen LogP contribution >= 0.6 is 0 Å². The maximum atomic E-state index is 11.8. The summed E-state index contributed by atoms with van der Waals surface area (Å²) >= 11 is 0. The molecule has 0 saturated carbocycles. The van der Waals surface area contributed by atoms with Crippen LogP contribution in [0.25, 0.3) is 0 Å². The molecular formula is C18H36O6. The largest absolute Gasteiger partial charge is 0.406 e. The monoisotopic (exact) mass is 348 g/mol. The van der Waals surface area contributed by atoms with E-state index in [-0.39, 0.29) is 6.42 Å². The number of esters is 1. The predicted molar refractivity (Wildman–Crippen MR) is 92.1 cm³/mol. The molecule has 6 nitrogen and oxygen atoms in total. The quantitative estimate of drug-likeness (QED) is 0.252. The summed E-state index contributed by atoms with van der Waals surface area (Å²) in [5.74, 6) is -2.92. The molecule has 144 valence electrons. The van der Waals surface area contributed by atoms with Gasteiger partial charge in [-0.3, -0.25) is 9.53 Å². The first-order chi connectivity index (χ1) is 11.5. The van der Waals surface area contributed by atoms with Crippen LogP contribution in [0.15, 0.2) is 0 Å². The first-order valence-electron chi connectivity index (χ1n) is 9.27. The summed E-state index contributed by atoms with van der Waals surface area (Å²) in [7, 11) is 1.41. The fourth-order valence-corrected chi connectivity index (χ4v) is 2.41. The highest BCUT2D eigenvalue weighted by Crippen LogP contribution is 2.17. The van der Waals surface area contributed by atoms with E-state index in [2.05, 4.69) is 6.92 Å². The molecule has 24 heavy (non-hydrogen) atoms. The van der Waals surface area contributed by atoms with Crippen LogP contribution in [0, 0.1) is 0 Å². The average molecular weight is 348 g/mol. The summed E-state index contributed by atoms with van der Waals surface area (Å²) < 4.78 is 14.9. The second kappa shape index (κ2) is 14.6. The molecule has 2 atom stereocenters. The van der Waals surface area contributed by atoms with Gasteiger partial charge in [-0.05, 0) is 12.8 Å². The number of carbonyl (C=O) groups excluding carboxylic acids is 1. The topological polar surface area (TPSA) is 85.2 Å². The third-order valence-corrected chi connectivity index (χ3v) is 3.87. The van der Waals surface area contributed by atoms with Crippen molar-refractivity contribution < 1.29 is 29.2 Å². The molecular weight excluding hydrogens is 312 g/mol. The minimum absolute atomic E-state index is 0.200. The second-order valence-electron chi connectivity index (χ2n) is 6.11. The maximum absolute atomic E-state index is 11.8. The van der Waals surface area contributed by atoms with Crippen LogP contribution in [0.3, 0.4) is 0 Å². The molecule has 0 heterocycles. The van der Waals surface area contributed by atoms with E-state index >= 15 is 0 Å². The molecule has 0 aromatic rings. The Hall–Kier alpha value is -0.690. The van der Waals surface area contributed by atoms with Crippen molar-refractivity contribution in [2.24, 2.45) is 0 Å². The molecule has 0 aliphatic carbocycles. The number of aliphatic hydroxyl groups is 2. The lowest BCUT2D eigenvalue weighted by Gasteiger charge is -2.28. The van der Waals surface area contributed by atoms with Gasteiger partial charge in [-0.2, -0.15) is 0 Å². The molecule has 0 fully saturated rings. The van der Waals surface area contributed by atoms with E-state index in [9.17, 15) is 15.0 Å². The van der Waals surface area contributed by atoms with Crippen molar-refractivity contribution in [2.45, 2.75) is 96.7 Å². The van der Waals surface area contributed by atoms with Crippen LogP contribution in [-0.4, -0.2) is 42.2 Å². The van der Waals surface area contributed by atoms with E-state index in [0.29, 0.717) is 12.8 Å². The molecule has 6 heteroatoms. The smallest absolute Gasteiger partial charge is 0.353 e. The number of hydrogen-bond acceptors (Lipinski definition) is 6. The average Bonchev–Trinajstić information content (AvgIpc) is 2.58. The number of methoxy groups -OCH3 is 1. The van der Waals surface area contributed by atoms with Crippen LogP contribution in [0.5, 0.6) is 0 Å². The lowest BCUT2D eigenvalue weighted by molar-refractivity contribution is -0.394. The minimum atomic E-state index is -2.34. The van der Waals surface area contributed by atoms with E-state index in [1.807, 2.05) is 0 Å². The van der Waals surface area contributed by atoms with Gasteiger partial charge >= 0.3 is 11.9 Å². The van der Waals surface area contributed by atoms with Gasteiger partial charge in [0.1, 0.15) is 6.61 Å². The zero-order valence-corrected chi connectivity index (χ0v) is 15.6. The zero-order valence-electron chi connectivity index (χ0n) is 15.6. The molecule has 0 amide bonds. The standard InChI is InChI=1S/C18H36O6/c1-4-6-7-8-9-10-11-12-13-14-16(20)23-18(21,15-19)24-17(5-2)22-3/h17,19,21H,4-15H2,1-3H3. The van der Waals surface area contributed by atoms with Gasteiger partial charge in [-0.1, -0.05) is 65.2 Å². The van der Waals surface area contributed by atoms with E-state index in [0.717, 1.165) is 12.8 Å². The van der Waals surface area contributed by atoms with E-state index in [1.165, 1.54) is 45.6 Å². The number of hydrogen-bond donors (Lipinski definition) is 2. The Morgan fingerprint density at radius 1 is 1.00 bits per heavy atom. The number of unbranched alkanes of at least 4 members (excludes halogenated alkanes) is 8. The van der Waals surface area contributed by atoms with E-state index in [1.54, 1.807) is 6.92 Å². The molecule has 0 rings (SSSR count). The highest BCUT2D eigenvalue weighted by Gasteiger charge is 2.35. The molecule has 0 aliphatic rings. The Balaban J connectivity index is 3.82. The van der Waals surface area contributed by atoms with Crippen LogP contribution in [0.1, 0.15) is 84.5 Å². The van der Waals surface area contributed by atoms with Crippen LogP contribution in [0.4, 0.5) is 0 Å². The Bertz CT molecular complexity index is 306. The van der Waals surface area contributed by atoms with Gasteiger partial charge in [0.05, 0.1) is 0 Å². The van der Waals surface area contributed by atoms with Crippen LogP contribution in [0.2, 0.25) is 0 Å². The van der Waals surface area contributed by atoms with Crippen molar-refractivity contribution in [1.82, 2.24) is 0 Å². The maximum Gasteiger partial charge on any atom is 0.353 e. The van der Waals surface area contributed by atoms with Gasteiger partial charge in [0.25, 0.3) is 0 Å². The molecule has 2 N–H and O–H groups in total. The Morgan fingerprint density at radius 2 is 1.54 bits per heavy atom. The fraction of sp³-hybridized carbons (Fsp3) is 0.944. The first kappa shape index (κ1) is 23.3. The fourth-order valence-electron chi connectivity index (χ4n) is 2.41. The van der Waals surface area contributed by atoms with Crippen molar-refractivity contribution in [1.29, 1.82) is 0 Å².